The minimum Gasteiger partial charge on any atom is -0.349 e. The molecule has 1 aliphatic carbocycles. The van der Waals surface area contributed by atoms with Gasteiger partial charge >= 0.3 is 0 Å². The van der Waals surface area contributed by atoms with Gasteiger partial charge in [-0.1, -0.05) is 65.0 Å². The molecule has 3 nitrogen and oxygen atoms in total. The Bertz CT molecular complexity index is 723. The van der Waals surface area contributed by atoms with E-state index in [9.17, 15) is 4.79 Å². The molecule has 0 aromatic heterocycles. The van der Waals surface area contributed by atoms with Crippen molar-refractivity contribution in [3.05, 3.63) is 41.5 Å². The van der Waals surface area contributed by atoms with Gasteiger partial charge in [0.15, 0.2) is 0 Å². The van der Waals surface area contributed by atoms with Gasteiger partial charge in [-0.3, -0.25) is 4.79 Å². The number of nitrogens with one attached hydrogen (secondary N) is 1. The van der Waals surface area contributed by atoms with Gasteiger partial charge < -0.3 is 10.2 Å². The van der Waals surface area contributed by atoms with E-state index in [0.717, 1.165) is 49.9 Å². The van der Waals surface area contributed by atoms with E-state index in [1.807, 2.05) is 0 Å². The molecular formula is C25H40N2O. The average Bonchev–Trinajstić information content (AvgIpc) is 2.99. The monoisotopic (exact) mass is 384 g/mol. The molecule has 1 N–H and O–H groups in total. The molecule has 1 heterocycles. The van der Waals surface area contributed by atoms with Crippen molar-refractivity contribution in [1.82, 2.24) is 10.2 Å². The third-order valence-electron chi connectivity index (χ3n) is 6.67. The minimum atomic E-state index is 0. The Hall–Kier alpha value is -1.61. The second-order valence-corrected chi connectivity index (χ2v) is 9.90. The van der Waals surface area contributed by atoms with Crippen molar-refractivity contribution < 1.29 is 6.22 Å². The summed E-state index contributed by atoms with van der Waals surface area (Å²) in [5.41, 5.74) is 3.82. The summed E-state index contributed by atoms with van der Waals surface area (Å²) < 4.78 is 0. The van der Waals surface area contributed by atoms with Crippen molar-refractivity contribution >= 4 is 11.5 Å². The lowest BCUT2D eigenvalue weighted by Gasteiger charge is -2.40. The van der Waals surface area contributed by atoms with E-state index in [2.05, 4.69) is 75.2 Å². The zero-order chi connectivity index (χ0) is 20.4. The maximum absolute atomic E-state index is 13.0. The van der Waals surface area contributed by atoms with Gasteiger partial charge in [0.05, 0.1) is 0 Å². The van der Waals surface area contributed by atoms with E-state index >= 15 is 0 Å². The summed E-state index contributed by atoms with van der Waals surface area (Å²) >= 11 is 0. The van der Waals surface area contributed by atoms with Crippen LogP contribution < -0.4 is 5.32 Å². The fourth-order valence-electron chi connectivity index (χ4n) is 4.61. The van der Waals surface area contributed by atoms with E-state index in [-0.39, 0.29) is 18.8 Å². The molecule has 0 saturated carbocycles. The summed E-state index contributed by atoms with van der Waals surface area (Å²) in [6.07, 6.45) is 7.70. The number of fused-ring (bicyclic) bond motifs is 2. The van der Waals surface area contributed by atoms with Gasteiger partial charge in [-0.05, 0) is 68.3 Å². The van der Waals surface area contributed by atoms with Gasteiger partial charge in [0, 0.05) is 18.5 Å². The molecule has 1 fully saturated rings. The molecule has 1 saturated heterocycles. The predicted octanol–water partition coefficient (Wildman–Crippen LogP) is 5.40. The van der Waals surface area contributed by atoms with E-state index in [0.29, 0.717) is 5.41 Å². The van der Waals surface area contributed by atoms with Gasteiger partial charge in [-0.2, -0.15) is 0 Å². The van der Waals surface area contributed by atoms with Crippen molar-refractivity contribution in [2.45, 2.75) is 78.2 Å². The molecule has 0 atom stereocenters. The molecule has 3 heteroatoms. The number of amides is 1. The Morgan fingerprint density at radius 1 is 1.18 bits per heavy atom. The lowest BCUT2D eigenvalue weighted by Crippen LogP contribution is -2.42. The summed E-state index contributed by atoms with van der Waals surface area (Å²) in [5.74, 6) is 0.105. The molecule has 0 radical (unpaired) electrons. The molecule has 1 spiro atoms. The first-order valence-electron chi connectivity index (χ1n) is 11.1. The molecule has 3 rings (SSSR count). The van der Waals surface area contributed by atoms with E-state index in [4.69, 9.17) is 0 Å². The Balaban J connectivity index is 0.00000300. The first-order valence-corrected chi connectivity index (χ1v) is 11.1. The second kappa shape index (κ2) is 8.41. The van der Waals surface area contributed by atoms with Gasteiger partial charge in [0.2, 0.25) is 0 Å². The smallest absolute Gasteiger partial charge is 0.251 e. The van der Waals surface area contributed by atoms with Crippen molar-refractivity contribution in [2.75, 3.05) is 19.6 Å². The van der Waals surface area contributed by atoms with Crippen LogP contribution in [0.3, 0.4) is 0 Å². The van der Waals surface area contributed by atoms with Gasteiger partial charge in [0.1, 0.15) is 0 Å². The van der Waals surface area contributed by atoms with Crippen LogP contribution in [0.2, 0.25) is 0 Å². The van der Waals surface area contributed by atoms with Crippen LogP contribution in [-0.2, 0) is 10.2 Å². The van der Waals surface area contributed by atoms with E-state index in [1.54, 1.807) is 0 Å². The number of carbonyl (C=O) groups excluding carboxylic acids is 1. The fraction of sp³-hybridized carbons (Fsp3) is 0.640. The molecule has 1 aliphatic heterocycles. The normalized spacial score (nSPS) is 19.0. The molecule has 1 aromatic carbocycles. The second-order valence-electron chi connectivity index (χ2n) is 9.90. The first kappa shape index (κ1) is 21.1. The zero-order valence-corrected chi connectivity index (χ0v) is 18.5. The fourth-order valence-corrected chi connectivity index (χ4v) is 4.61. The third kappa shape index (κ3) is 4.51. The summed E-state index contributed by atoms with van der Waals surface area (Å²) in [6, 6.07) is 8.83. The highest BCUT2D eigenvalue weighted by Gasteiger charge is 2.42. The maximum atomic E-state index is 13.0. The van der Waals surface area contributed by atoms with Crippen molar-refractivity contribution in [1.29, 1.82) is 0 Å². The maximum Gasteiger partial charge on any atom is 0.251 e. The summed E-state index contributed by atoms with van der Waals surface area (Å²) in [7, 11) is 0. The van der Waals surface area contributed by atoms with Crippen LogP contribution >= 0.6 is 0 Å². The van der Waals surface area contributed by atoms with Crippen LogP contribution in [0.4, 0.5) is 0 Å². The molecule has 1 amide bonds. The predicted molar refractivity (Wildman–Crippen MR) is 120 cm³/mol. The number of likely N-dealkylation sites (tertiary alicyclic amines) is 1. The first-order chi connectivity index (χ1) is 13.3. The van der Waals surface area contributed by atoms with Crippen molar-refractivity contribution in [3.8, 4) is 0 Å². The highest BCUT2D eigenvalue weighted by atomic mass is 16.1. The summed E-state index contributed by atoms with van der Waals surface area (Å²) in [5, 5.41) is 3.25. The van der Waals surface area contributed by atoms with Crippen molar-refractivity contribution in [2.24, 2.45) is 5.41 Å². The number of carbonyl (C=O) groups is 1. The highest BCUT2D eigenvalue weighted by molar-refractivity contribution is 6.21. The van der Waals surface area contributed by atoms with Gasteiger partial charge in [-0.15, -0.1) is 0 Å². The van der Waals surface area contributed by atoms with Crippen LogP contribution in [0, 0.1) is 5.41 Å². The molecular weight excluding hydrogens is 344 g/mol. The largest absolute Gasteiger partial charge is 0.349 e. The van der Waals surface area contributed by atoms with E-state index in [1.165, 1.54) is 18.5 Å². The van der Waals surface area contributed by atoms with Crippen LogP contribution in [0.25, 0.3) is 5.57 Å². The average molecular weight is 385 g/mol. The Kier molecular flexibility index (Phi) is 6.34. The third-order valence-corrected chi connectivity index (χ3v) is 6.67. The molecule has 2 aliphatic rings. The number of piperidine rings is 1. The summed E-state index contributed by atoms with van der Waals surface area (Å²) in [6.45, 7) is 14.6. The topological polar surface area (TPSA) is 32.3 Å². The standard InChI is InChI=1S/C25H38N2O.H2/c1-6-19(7-2)26-23(28)21-18-25(22-11-9-8-10-20(21)22)13-16-27(17-14-25)15-12-24(3,4)5;/h8-11,18-19H,6-7,12-17H2,1-5H3,(H,26,28);1H. The number of hydrogen-bond acceptors (Lipinski definition) is 2. The Morgan fingerprint density at radius 3 is 2.43 bits per heavy atom. The quantitative estimate of drug-likeness (QED) is 0.712. The molecule has 156 valence electrons. The molecule has 0 bridgehead atoms. The van der Waals surface area contributed by atoms with Crippen LogP contribution in [0.5, 0.6) is 0 Å². The van der Waals surface area contributed by atoms with E-state index < -0.39 is 0 Å². The molecule has 0 unspecified atom stereocenters. The highest BCUT2D eigenvalue weighted by Crippen LogP contribution is 2.47. The number of benzene rings is 1. The molecule has 28 heavy (non-hydrogen) atoms. The lowest BCUT2D eigenvalue weighted by atomic mass is 9.74. The van der Waals surface area contributed by atoms with Crippen LogP contribution in [0.1, 0.15) is 79.3 Å². The SMILES string of the molecule is CCC(CC)NC(=O)C1=CC2(CCN(CCC(C)(C)C)CC2)c2ccccc21.[HH]. The number of nitrogens with zero attached hydrogens (tertiary/aromatic N) is 1. The van der Waals surface area contributed by atoms with Gasteiger partial charge in [0.25, 0.3) is 5.91 Å². The van der Waals surface area contributed by atoms with Crippen LogP contribution in [-0.4, -0.2) is 36.5 Å². The number of hydrogen-bond donors (Lipinski definition) is 1. The zero-order valence-electron chi connectivity index (χ0n) is 18.5. The Morgan fingerprint density at radius 2 is 1.82 bits per heavy atom. The molecule has 1 aromatic rings. The van der Waals surface area contributed by atoms with Gasteiger partial charge in [-0.25, -0.2) is 0 Å². The summed E-state index contributed by atoms with van der Waals surface area (Å²) in [4.78, 5) is 15.7. The Labute approximate surface area is 173 Å². The number of rotatable bonds is 6. The number of allylic oxidation sites excluding steroid dienone is 1. The lowest BCUT2D eigenvalue weighted by molar-refractivity contribution is -0.116. The minimum absolute atomic E-state index is 0. The van der Waals surface area contributed by atoms with Crippen molar-refractivity contribution in [3.63, 3.8) is 0 Å². The van der Waals surface area contributed by atoms with Crippen LogP contribution in [0.15, 0.2) is 30.3 Å².